The van der Waals surface area contributed by atoms with Crippen LogP contribution in [0.25, 0.3) is 0 Å². The molecule has 8 nitrogen and oxygen atoms in total. The number of urea groups is 1. The SMILES string of the molecule is C#C/C=C\C=C.C=N/C=C\C=C(/COCC(=S)OCCC)Oc1nc(N2C(=O)N(C)C(C(F)(F)F)=CC2=CCC)c(F)cc1Cl.CC. The lowest BCUT2D eigenvalue weighted by Crippen LogP contribution is -2.47. The van der Waals surface area contributed by atoms with Crippen LogP contribution in [0.2, 0.25) is 5.02 Å². The van der Waals surface area contributed by atoms with E-state index in [1.807, 2.05) is 20.8 Å². The molecule has 0 fully saturated rings. The van der Waals surface area contributed by atoms with Crippen molar-refractivity contribution < 1.29 is 36.6 Å². The summed E-state index contributed by atoms with van der Waals surface area (Å²) in [5, 5.41) is -0.0332. The number of pyridine rings is 1. The number of carbonyl (C=O) groups is 1. The zero-order valence-corrected chi connectivity index (χ0v) is 28.5. The maximum absolute atomic E-state index is 15.1. The van der Waals surface area contributed by atoms with Crippen LogP contribution in [0.5, 0.6) is 5.88 Å². The average Bonchev–Trinajstić information content (AvgIpc) is 3.03. The molecule has 0 N–H and O–H groups in total. The van der Waals surface area contributed by atoms with E-state index >= 15 is 4.39 Å². The van der Waals surface area contributed by atoms with Crippen molar-refractivity contribution in [3.63, 3.8) is 0 Å². The van der Waals surface area contributed by atoms with Gasteiger partial charge in [-0.1, -0.05) is 70.0 Å². The second kappa shape index (κ2) is 23.1. The van der Waals surface area contributed by atoms with Crippen LogP contribution in [0.15, 0.2) is 83.5 Å². The molecule has 14 heteroatoms. The molecule has 1 aliphatic rings. The summed E-state index contributed by atoms with van der Waals surface area (Å²) < 4.78 is 72.1. The van der Waals surface area contributed by atoms with E-state index in [-0.39, 0.29) is 47.0 Å². The first-order valence-corrected chi connectivity index (χ1v) is 15.0. The first kappa shape index (κ1) is 42.8. The number of anilines is 1. The highest BCUT2D eigenvalue weighted by molar-refractivity contribution is 7.80. The summed E-state index contributed by atoms with van der Waals surface area (Å²) in [5.74, 6) is 0.449. The summed E-state index contributed by atoms with van der Waals surface area (Å²) in [7, 11) is 0.926. The summed E-state index contributed by atoms with van der Waals surface area (Å²) in [6.07, 6.45) is 12.3. The van der Waals surface area contributed by atoms with E-state index in [4.69, 9.17) is 44.5 Å². The number of allylic oxidation sites excluding steroid dienone is 8. The van der Waals surface area contributed by atoms with Crippen LogP contribution in [0.4, 0.5) is 28.2 Å². The second-order valence-corrected chi connectivity index (χ2v) is 9.42. The van der Waals surface area contributed by atoms with Crippen molar-refractivity contribution >= 4 is 47.4 Å². The van der Waals surface area contributed by atoms with Gasteiger partial charge in [-0.05, 0) is 56.1 Å². The Morgan fingerprint density at radius 2 is 1.94 bits per heavy atom. The minimum atomic E-state index is -4.82. The number of terminal acetylenes is 1. The molecule has 0 spiro atoms. The number of rotatable bonds is 13. The Kier molecular flexibility index (Phi) is 21.0. The third kappa shape index (κ3) is 14.8. The van der Waals surface area contributed by atoms with Gasteiger partial charge in [-0.2, -0.15) is 18.2 Å². The minimum absolute atomic E-state index is 0.0249. The molecule has 0 aromatic carbocycles. The molecule has 0 radical (unpaired) electrons. The fraction of sp³-hybridized carbons (Fsp3) is 0.333. The molecule has 0 bridgehead atoms. The predicted molar refractivity (Wildman–Crippen MR) is 184 cm³/mol. The molecule has 2 rings (SSSR count). The number of thiocarbonyl (C=S) groups is 1. The average molecular weight is 699 g/mol. The van der Waals surface area contributed by atoms with E-state index < -0.39 is 29.5 Å². The number of hydrogen-bond donors (Lipinski definition) is 0. The smallest absolute Gasteiger partial charge is 0.431 e. The van der Waals surface area contributed by atoms with E-state index in [0.717, 1.165) is 25.6 Å². The van der Waals surface area contributed by atoms with E-state index in [2.05, 4.69) is 29.2 Å². The molecule has 1 aromatic rings. The van der Waals surface area contributed by atoms with Crippen LogP contribution in [0, 0.1) is 18.2 Å². The molecule has 0 saturated carbocycles. The highest BCUT2D eigenvalue weighted by atomic mass is 35.5. The number of halogens is 5. The van der Waals surface area contributed by atoms with Gasteiger partial charge in [0, 0.05) is 19.3 Å². The maximum atomic E-state index is 15.1. The topological polar surface area (TPSA) is 76.5 Å². The molecule has 1 aromatic heterocycles. The van der Waals surface area contributed by atoms with Crippen LogP contribution >= 0.6 is 23.8 Å². The highest BCUT2D eigenvalue weighted by Gasteiger charge is 2.44. The zero-order valence-electron chi connectivity index (χ0n) is 26.9. The summed E-state index contributed by atoms with van der Waals surface area (Å²) >= 11 is 11.2. The van der Waals surface area contributed by atoms with Crippen LogP contribution in [-0.4, -0.2) is 60.7 Å². The highest BCUT2D eigenvalue weighted by Crippen LogP contribution is 2.38. The van der Waals surface area contributed by atoms with Gasteiger partial charge < -0.3 is 14.2 Å². The number of hydrogen-bond acceptors (Lipinski definition) is 7. The number of amides is 2. The molecule has 1 aliphatic heterocycles. The zero-order chi connectivity index (χ0) is 36.0. The monoisotopic (exact) mass is 698 g/mol. The lowest BCUT2D eigenvalue weighted by Gasteiger charge is -2.35. The maximum Gasteiger partial charge on any atom is 0.431 e. The van der Waals surface area contributed by atoms with Gasteiger partial charge in [0.2, 0.25) is 5.88 Å². The molecule has 0 atom stereocenters. The van der Waals surface area contributed by atoms with Crippen molar-refractivity contribution in [1.29, 1.82) is 0 Å². The standard InChI is InChI=1S/C25H27ClF4N4O4S.C6H6.C2H6/c1-5-8-16-12-20(25(28,29)30)33(4)24(35)34(16)22-19(27)13-18(26)23(32-22)38-17(9-7-10-31-3)14-36-15-21(39)37-11-6-2;1-3-5-6-4-2;1-2/h7-10,12-13H,3,5-6,11,14-15H2,1-2,4H3;1,4-6H,2H2;1-2H3/b10-7-,16-8?,17-9+;6-5-;. The Morgan fingerprint density at radius 1 is 1.26 bits per heavy atom. The quantitative estimate of drug-likeness (QED) is 0.0511. The number of carbonyl (C=O) groups excluding carboxylic acids is 1. The first-order chi connectivity index (χ1) is 22.4. The van der Waals surface area contributed by atoms with Crippen LogP contribution in [0.3, 0.4) is 0 Å². The van der Waals surface area contributed by atoms with Gasteiger partial charge in [-0.15, -0.1) is 6.42 Å². The number of ether oxygens (including phenoxy) is 3. The Bertz CT molecular complexity index is 1420. The third-order valence-corrected chi connectivity index (χ3v) is 5.64. The number of nitrogens with zero attached hydrogens (tertiary/aromatic N) is 4. The van der Waals surface area contributed by atoms with Crippen molar-refractivity contribution in [3.05, 3.63) is 89.4 Å². The second-order valence-electron chi connectivity index (χ2n) is 8.56. The van der Waals surface area contributed by atoms with Crippen LogP contribution < -0.4 is 9.64 Å². The Morgan fingerprint density at radius 3 is 2.47 bits per heavy atom. The van der Waals surface area contributed by atoms with Crippen molar-refractivity contribution in [3.8, 4) is 18.2 Å². The lowest BCUT2D eigenvalue weighted by atomic mass is 10.2. The minimum Gasteiger partial charge on any atom is -0.485 e. The Labute approximate surface area is 284 Å². The Balaban J connectivity index is 0.00000237. The van der Waals surface area contributed by atoms with Gasteiger partial charge >= 0.3 is 12.2 Å². The molecule has 0 unspecified atom stereocenters. The van der Waals surface area contributed by atoms with E-state index in [1.54, 1.807) is 25.2 Å². The van der Waals surface area contributed by atoms with E-state index in [9.17, 15) is 18.0 Å². The molecule has 0 aliphatic carbocycles. The van der Waals surface area contributed by atoms with E-state index in [0.29, 0.717) is 16.4 Å². The predicted octanol–water partition coefficient (Wildman–Crippen LogP) is 9.12. The van der Waals surface area contributed by atoms with Gasteiger partial charge in [0.15, 0.2) is 16.7 Å². The van der Waals surface area contributed by atoms with Gasteiger partial charge in [-0.3, -0.25) is 9.89 Å². The van der Waals surface area contributed by atoms with E-state index in [1.165, 1.54) is 24.4 Å². The molecule has 47 heavy (non-hydrogen) atoms. The van der Waals surface area contributed by atoms with Gasteiger partial charge in [-0.25, -0.2) is 14.1 Å². The molecule has 2 heterocycles. The summed E-state index contributed by atoms with van der Waals surface area (Å²) in [6, 6.07) is -0.337. The van der Waals surface area contributed by atoms with Crippen LogP contribution in [-0.2, 0) is 9.47 Å². The summed E-state index contributed by atoms with van der Waals surface area (Å²) in [5.41, 5.74) is -1.42. The van der Waals surface area contributed by atoms with Crippen LogP contribution in [0.1, 0.15) is 40.5 Å². The fourth-order valence-electron chi connectivity index (χ4n) is 3.24. The molecular weight excluding hydrogens is 660 g/mol. The lowest BCUT2D eigenvalue weighted by molar-refractivity contribution is -0.106. The normalized spacial score (nSPS) is 14.1. The van der Waals surface area contributed by atoms with Crippen molar-refractivity contribution in [1.82, 2.24) is 9.88 Å². The number of aromatic nitrogens is 1. The summed E-state index contributed by atoms with van der Waals surface area (Å²) in [4.78, 5) is 21.7. The number of aliphatic imine (C=N–C) groups is 1. The summed E-state index contributed by atoms with van der Waals surface area (Å²) in [6.45, 7) is 14.6. The molecule has 2 amide bonds. The third-order valence-electron chi connectivity index (χ3n) is 5.14. The van der Waals surface area contributed by atoms with Gasteiger partial charge in [0.25, 0.3) is 0 Å². The van der Waals surface area contributed by atoms with Crippen molar-refractivity contribution in [2.45, 2.75) is 46.7 Å². The Hall–Kier alpha value is -4.25. The number of alkyl halides is 3. The van der Waals surface area contributed by atoms with Crippen molar-refractivity contribution in [2.24, 2.45) is 4.99 Å². The fourth-order valence-corrected chi connectivity index (χ4v) is 3.58. The van der Waals surface area contributed by atoms with Gasteiger partial charge in [0.1, 0.15) is 29.7 Å². The van der Waals surface area contributed by atoms with Crippen molar-refractivity contribution in [2.75, 3.05) is 31.8 Å². The molecule has 256 valence electrons. The first-order valence-electron chi connectivity index (χ1n) is 14.2. The molecular formula is C33H39ClF4N4O4S. The largest absolute Gasteiger partial charge is 0.485 e. The molecule has 0 saturated heterocycles. The van der Waals surface area contributed by atoms with Gasteiger partial charge in [0.05, 0.1) is 12.3 Å².